The summed E-state index contributed by atoms with van der Waals surface area (Å²) in [6, 6.07) is 7.48. The van der Waals surface area contributed by atoms with Crippen LogP contribution >= 0.6 is 0 Å². The lowest BCUT2D eigenvalue weighted by Crippen LogP contribution is -2.27. The number of methoxy groups -OCH3 is 1. The zero-order valence-electron chi connectivity index (χ0n) is 17.8. The fourth-order valence-corrected chi connectivity index (χ4v) is 3.79. The van der Waals surface area contributed by atoms with Crippen LogP contribution in [0, 0.1) is 0 Å². The molecule has 1 amide bonds. The first kappa shape index (κ1) is 21.0. The number of nitrogens with zero attached hydrogens (tertiary/aromatic N) is 3. The van der Waals surface area contributed by atoms with Crippen molar-refractivity contribution in [2.24, 2.45) is 0 Å². The molecule has 0 fully saturated rings. The summed E-state index contributed by atoms with van der Waals surface area (Å²) >= 11 is 0. The van der Waals surface area contributed by atoms with E-state index in [1.807, 2.05) is 18.2 Å². The summed E-state index contributed by atoms with van der Waals surface area (Å²) in [5, 5.41) is 7.27. The molecule has 0 aliphatic carbocycles. The van der Waals surface area contributed by atoms with Crippen molar-refractivity contribution >= 4 is 27.0 Å². The summed E-state index contributed by atoms with van der Waals surface area (Å²) in [6.45, 7) is 10.7. The topological polar surface area (TPSA) is 77.8 Å². The summed E-state index contributed by atoms with van der Waals surface area (Å²) in [4.78, 5) is 17.0. The molecule has 1 N–H and O–H groups in total. The predicted octanol–water partition coefficient (Wildman–Crippen LogP) is 3.54. The van der Waals surface area contributed by atoms with E-state index < -0.39 is 15.4 Å². The van der Waals surface area contributed by atoms with Gasteiger partial charge in [0.1, 0.15) is 11.3 Å². The van der Waals surface area contributed by atoms with Crippen molar-refractivity contribution in [3.63, 3.8) is 0 Å². The van der Waals surface area contributed by atoms with Crippen LogP contribution in [0.5, 0.6) is 5.75 Å². The molecule has 1 aromatic carbocycles. The average Bonchev–Trinajstić information content (AvgIpc) is 3.10. The van der Waals surface area contributed by atoms with E-state index in [2.05, 4.69) is 50.0 Å². The number of rotatable bonds is 6. The summed E-state index contributed by atoms with van der Waals surface area (Å²) in [5.74, 6) is 0.287. The molecule has 154 valence electrons. The monoisotopic (exact) mass is 412 g/mol. The van der Waals surface area contributed by atoms with Gasteiger partial charge < -0.3 is 14.5 Å². The second-order valence-electron chi connectivity index (χ2n) is 8.67. The quantitative estimate of drug-likeness (QED) is 0.627. The van der Waals surface area contributed by atoms with Crippen molar-refractivity contribution in [3.05, 3.63) is 54.0 Å². The first-order valence-electron chi connectivity index (χ1n) is 9.53. The number of nitrogens with one attached hydrogen (secondary N) is 1. The van der Waals surface area contributed by atoms with Crippen LogP contribution in [0.2, 0.25) is 5.04 Å². The fourth-order valence-electron chi connectivity index (χ4n) is 2.83. The smallest absolute Gasteiger partial charge is 0.261 e. The van der Waals surface area contributed by atoms with Gasteiger partial charge in [0.25, 0.3) is 5.91 Å². The highest BCUT2D eigenvalue weighted by Gasteiger charge is 2.26. The van der Waals surface area contributed by atoms with Crippen LogP contribution in [0.15, 0.2) is 42.9 Å². The number of fused-ring (bicyclic) bond motifs is 1. The van der Waals surface area contributed by atoms with Gasteiger partial charge in [0, 0.05) is 12.4 Å². The van der Waals surface area contributed by atoms with Crippen molar-refractivity contribution in [1.29, 1.82) is 0 Å². The SMILES string of the molecule is COc1cc(C(C)(C)O[SiH2]C(C)(C)C)ccc1NC(=O)c1cnn2cccnc12. The summed E-state index contributed by atoms with van der Waals surface area (Å²) in [5.41, 5.74) is 2.06. The summed E-state index contributed by atoms with van der Waals surface area (Å²) < 4.78 is 13.4. The number of carbonyl (C=O) groups is 1. The highest BCUT2D eigenvalue weighted by atomic mass is 28.2. The van der Waals surface area contributed by atoms with Crippen LogP contribution in [0.25, 0.3) is 5.65 Å². The molecule has 0 atom stereocenters. The van der Waals surface area contributed by atoms with Gasteiger partial charge in [0.05, 0.1) is 24.6 Å². The van der Waals surface area contributed by atoms with E-state index >= 15 is 0 Å². The third kappa shape index (κ3) is 4.83. The minimum Gasteiger partial charge on any atom is -0.495 e. The minimum absolute atomic E-state index is 0.206. The Hall–Kier alpha value is -2.71. The van der Waals surface area contributed by atoms with Crippen molar-refractivity contribution in [2.75, 3.05) is 12.4 Å². The number of carbonyl (C=O) groups excluding carboxylic acids is 1. The molecule has 0 radical (unpaired) electrons. The normalized spacial score (nSPS) is 12.6. The number of benzene rings is 1. The number of aromatic nitrogens is 3. The number of amides is 1. The molecule has 0 aliphatic heterocycles. The van der Waals surface area contributed by atoms with Gasteiger partial charge in [-0.2, -0.15) is 5.10 Å². The first-order valence-corrected chi connectivity index (χ1v) is 10.8. The van der Waals surface area contributed by atoms with Gasteiger partial charge in [-0.25, -0.2) is 9.50 Å². The summed E-state index contributed by atoms with van der Waals surface area (Å²) in [7, 11) is 0.866. The zero-order chi connectivity index (χ0) is 21.2. The number of hydrogen-bond donors (Lipinski definition) is 1. The van der Waals surface area contributed by atoms with Crippen LogP contribution in [-0.4, -0.2) is 37.4 Å². The molecular formula is C21H28N4O3Si. The van der Waals surface area contributed by atoms with Gasteiger partial charge in [0.2, 0.25) is 0 Å². The Kier molecular flexibility index (Phi) is 5.77. The second kappa shape index (κ2) is 7.96. The highest BCUT2D eigenvalue weighted by Crippen LogP contribution is 2.34. The molecular weight excluding hydrogens is 384 g/mol. The largest absolute Gasteiger partial charge is 0.495 e. The van der Waals surface area contributed by atoms with E-state index in [1.165, 1.54) is 6.20 Å². The van der Waals surface area contributed by atoms with E-state index in [0.29, 0.717) is 22.6 Å². The minimum atomic E-state index is -0.720. The molecule has 2 heterocycles. The fraction of sp³-hybridized carbons (Fsp3) is 0.381. The lowest BCUT2D eigenvalue weighted by molar-refractivity contribution is 0.102. The summed E-state index contributed by atoms with van der Waals surface area (Å²) in [6.07, 6.45) is 4.89. The van der Waals surface area contributed by atoms with E-state index in [1.54, 1.807) is 30.1 Å². The number of anilines is 1. The van der Waals surface area contributed by atoms with Gasteiger partial charge in [0.15, 0.2) is 15.4 Å². The highest BCUT2D eigenvalue weighted by molar-refractivity contribution is 6.31. The molecule has 0 aliphatic rings. The first-order chi connectivity index (χ1) is 13.6. The molecule has 0 unspecified atom stereocenters. The molecule has 29 heavy (non-hydrogen) atoms. The van der Waals surface area contributed by atoms with Crippen molar-refractivity contribution in [1.82, 2.24) is 14.6 Å². The Morgan fingerprint density at radius 1 is 1.21 bits per heavy atom. The van der Waals surface area contributed by atoms with Crippen molar-refractivity contribution < 1.29 is 14.0 Å². The third-order valence-corrected chi connectivity index (χ3v) is 6.27. The average molecular weight is 413 g/mol. The van der Waals surface area contributed by atoms with Crippen LogP contribution in [0.1, 0.15) is 50.5 Å². The Balaban J connectivity index is 1.82. The molecule has 3 aromatic rings. The van der Waals surface area contributed by atoms with Gasteiger partial charge in [-0.15, -0.1) is 0 Å². The van der Waals surface area contributed by atoms with E-state index in [0.717, 1.165) is 5.56 Å². The van der Waals surface area contributed by atoms with Gasteiger partial charge >= 0.3 is 0 Å². The maximum Gasteiger partial charge on any atom is 0.261 e. The van der Waals surface area contributed by atoms with Gasteiger partial charge in [-0.05, 0) is 42.6 Å². The van der Waals surface area contributed by atoms with Crippen LogP contribution in [-0.2, 0) is 10.0 Å². The molecule has 0 spiro atoms. The van der Waals surface area contributed by atoms with E-state index in [9.17, 15) is 4.79 Å². The van der Waals surface area contributed by atoms with E-state index in [4.69, 9.17) is 9.16 Å². The van der Waals surface area contributed by atoms with Crippen molar-refractivity contribution in [2.45, 2.75) is 45.3 Å². The maximum absolute atomic E-state index is 12.8. The molecule has 0 bridgehead atoms. The predicted molar refractivity (Wildman–Crippen MR) is 116 cm³/mol. The molecule has 2 aromatic heterocycles. The molecule has 3 rings (SSSR count). The zero-order valence-corrected chi connectivity index (χ0v) is 19.2. The number of hydrogen-bond acceptors (Lipinski definition) is 5. The Morgan fingerprint density at radius 2 is 1.97 bits per heavy atom. The van der Waals surface area contributed by atoms with Gasteiger partial charge in [-0.1, -0.05) is 26.8 Å². The van der Waals surface area contributed by atoms with Crippen molar-refractivity contribution in [3.8, 4) is 5.75 Å². The number of ether oxygens (including phenoxy) is 1. The van der Waals surface area contributed by atoms with E-state index in [-0.39, 0.29) is 10.9 Å². The van der Waals surface area contributed by atoms with Crippen LogP contribution in [0.3, 0.4) is 0 Å². The van der Waals surface area contributed by atoms with Crippen LogP contribution in [0.4, 0.5) is 5.69 Å². The molecule has 7 nitrogen and oxygen atoms in total. The second-order valence-corrected chi connectivity index (χ2v) is 11.4. The lowest BCUT2D eigenvalue weighted by atomic mass is 9.98. The molecule has 0 saturated carbocycles. The Morgan fingerprint density at radius 3 is 2.66 bits per heavy atom. The van der Waals surface area contributed by atoms with Crippen LogP contribution < -0.4 is 10.1 Å². The lowest BCUT2D eigenvalue weighted by Gasteiger charge is -2.31. The molecule has 8 heteroatoms. The molecule has 0 saturated heterocycles. The Labute approximate surface area is 173 Å². The Bertz CT molecular complexity index is 1020. The third-order valence-electron chi connectivity index (χ3n) is 4.53. The van der Waals surface area contributed by atoms with Gasteiger partial charge in [-0.3, -0.25) is 4.79 Å². The standard InChI is InChI=1S/C21H28N4O3Si/c1-20(2,3)29-28-21(4,5)14-8-9-16(17(12-14)27-6)24-19(26)15-13-23-25-11-7-10-22-18(15)25/h7-13H,29H2,1-6H3,(H,24,26). The maximum atomic E-state index is 12.8.